The van der Waals surface area contributed by atoms with E-state index in [-0.39, 0.29) is 0 Å². The molecular formula is C11H19N. The van der Waals surface area contributed by atoms with Crippen LogP contribution in [0.3, 0.4) is 0 Å². The predicted octanol–water partition coefficient (Wildman–Crippen LogP) is 2.41. The van der Waals surface area contributed by atoms with Gasteiger partial charge >= 0.3 is 0 Å². The summed E-state index contributed by atoms with van der Waals surface area (Å²) >= 11 is 0. The number of hydrogen-bond acceptors (Lipinski definition) is 1. The minimum Gasteiger partial charge on any atom is -0.300 e. The van der Waals surface area contributed by atoms with Crippen molar-refractivity contribution in [3.63, 3.8) is 0 Å². The topological polar surface area (TPSA) is 3.24 Å². The fourth-order valence-electron chi connectivity index (χ4n) is 2.98. The summed E-state index contributed by atoms with van der Waals surface area (Å²) in [6.07, 6.45) is 10.6. The molecule has 0 aromatic carbocycles. The first kappa shape index (κ1) is 7.37. The summed E-state index contributed by atoms with van der Waals surface area (Å²) in [5.41, 5.74) is 0.853. The van der Waals surface area contributed by atoms with Gasteiger partial charge in [0.2, 0.25) is 0 Å². The van der Waals surface area contributed by atoms with Crippen molar-refractivity contribution in [3.05, 3.63) is 0 Å². The first-order valence-corrected chi connectivity index (χ1v) is 5.62. The third kappa shape index (κ3) is 1.10. The average molecular weight is 165 g/mol. The number of rotatable bonds is 1. The van der Waals surface area contributed by atoms with Crippen LogP contribution in [0.1, 0.15) is 44.9 Å². The first-order chi connectivity index (χ1) is 5.88. The number of piperidine rings is 1. The van der Waals surface area contributed by atoms with Crippen LogP contribution in [-0.4, -0.2) is 24.0 Å². The Kier molecular flexibility index (Phi) is 1.52. The van der Waals surface area contributed by atoms with Gasteiger partial charge in [-0.1, -0.05) is 6.42 Å². The van der Waals surface area contributed by atoms with Crippen molar-refractivity contribution >= 4 is 0 Å². The fraction of sp³-hybridized carbons (Fsp3) is 1.00. The molecular weight excluding hydrogens is 146 g/mol. The maximum absolute atomic E-state index is 2.74. The molecule has 3 rings (SSSR count). The molecule has 1 heteroatoms. The van der Waals surface area contributed by atoms with Gasteiger partial charge in [0.15, 0.2) is 0 Å². The van der Waals surface area contributed by atoms with E-state index in [0.29, 0.717) is 0 Å². The van der Waals surface area contributed by atoms with Gasteiger partial charge in [-0.3, -0.25) is 0 Å². The van der Waals surface area contributed by atoms with Gasteiger partial charge in [-0.2, -0.15) is 0 Å². The van der Waals surface area contributed by atoms with E-state index in [1.54, 1.807) is 12.8 Å². The molecule has 0 N–H and O–H groups in total. The Labute approximate surface area is 75.1 Å². The number of hydrogen-bond donors (Lipinski definition) is 0. The highest BCUT2D eigenvalue weighted by Gasteiger charge is 2.42. The molecule has 1 heterocycles. The van der Waals surface area contributed by atoms with Crippen molar-refractivity contribution in [1.82, 2.24) is 4.90 Å². The Hall–Kier alpha value is -0.0400. The molecule has 1 spiro atoms. The van der Waals surface area contributed by atoms with Crippen molar-refractivity contribution in [2.45, 2.75) is 51.0 Å². The lowest BCUT2D eigenvalue weighted by Gasteiger charge is -2.48. The van der Waals surface area contributed by atoms with Crippen LogP contribution >= 0.6 is 0 Å². The molecule has 3 fully saturated rings. The molecule has 68 valence electrons. The second kappa shape index (κ2) is 2.47. The zero-order valence-electron chi connectivity index (χ0n) is 7.89. The highest BCUT2D eigenvalue weighted by atomic mass is 15.2. The summed E-state index contributed by atoms with van der Waals surface area (Å²) in [4.78, 5) is 2.74. The molecule has 1 saturated heterocycles. The van der Waals surface area contributed by atoms with Crippen molar-refractivity contribution in [1.29, 1.82) is 0 Å². The number of nitrogens with zero attached hydrogens (tertiary/aromatic N) is 1. The van der Waals surface area contributed by atoms with Crippen LogP contribution in [-0.2, 0) is 0 Å². The summed E-state index contributed by atoms with van der Waals surface area (Å²) in [6, 6.07) is 1.02. The quantitative estimate of drug-likeness (QED) is 0.577. The zero-order chi connectivity index (χ0) is 8.02. The van der Waals surface area contributed by atoms with E-state index < -0.39 is 0 Å². The highest BCUT2D eigenvalue weighted by Crippen LogP contribution is 2.49. The normalized spacial score (nSPS) is 35.0. The molecule has 12 heavy (non-hydrogen) atoms. The van der Waals surface area contributed by atoms with Crippen molar-refractivity contribution < 1.29 is 0 Å². The molecule has 0 aromatic heterocycles. The fourth-order valence-corrected chi connectivity index (χ4v) is 2.98. The maximum Gasteiger partial charge on any atom is 0.00964 e. The Morgan fingerprint density at radius 1 is 0.917 bits per heavy atom. The minimum absolute atomic E-state index is 0.853. The number of likely N-dealkylation sites (tertiary alicyclic amines) is 1. The van der Waals surface area contributed by atoms with E-state index >= 15 is 0 Å². The Bertz CT molecular complexity index is 169. The van der Waals surface area contributed by atoms with E-state index in [1.165, 1.54) is 45.2 Å². The summed E-state index contributed by atoms with van der Waals surface area (Å²) in [5.74, 6) is 0. The van der Waals surface area contributed by atoms with Crippen molar-refractivity contribution in [2.24, 2.45) is 5.41 Å². The standard InChI is InChI=1S/C11H19N/c1-4-11(5-1)6-8-12(9-7-11)10-2-3-10/h10H,1-9H2. The van der Waals surface area contributed by atoms with Crippen LogP contribution in [0.25, 0.3) is 0 Å². The molecule has 0 aromatic rings. The average Bonchev–Trinajstić information content (AvgIpc) is 2.84. The summed E-state index contributed by atoms with van der Waals surface area (Å²) in [5, 5.41) is 0. The molecule has 1 aliphatic heterocycles. The first-order valence-electron chi connectivity index (χ1n) is 5.62. The Morgan fingerprint density at radius 2 is 1.58 bits per heavy atom. The molecule has 2 aliphatic carbocycles. The third-order valence-corrected chi connectivity index (χ3v) is 4.34. The van der Waals surface area contributed by atoms with Crippen LogP contribution in [0.2, 0.25) is 0 Å². The third-order valence-electron chi connectivity index (χ3n) is 4.34. The molecule has 0 atom stereocenters. The van der Waals surface area contributed by atoms with Gasteiger partial charge in [0.25, 0.3) is 0 Å². The van der Waals surface area contributed by atoms with Crippen LogP contribution < -0.4 is 0 Å². The van der Waals surface area contributed by atoms with Gasteiger partial charge < -0.3 is 4.90 Å². The molecule has 2 saturated carbocycles. The van der Waals surface area contributed by atoms with E-state index in [2.05, 4.69) is 4.90 Å². The van der Waals surface area contributed by atoms with E-state index in [1.807, 2.05) is 0 Å². The second-order valence-corrected chi connectivity index (χ2v) is 5.12. The van der Waals surface area contributed by atoms with Gasteiger partial charge in [-0.15, -0.1) is 0 Å². The van der Waals surface area contributed by atoms with Crippen molar-refractivity contribution in [2.75, 3.05) is 13.1 Å². The summed E-state index contributed by atoms with van der Waals surface area (Å²) < 4.78 is 0. The summed E-state index contributed by atoms with van der Waals surface area (Å²) in [6.45, 7) is 2.84. The second-order valence-electron chi connectivity index (χ2n) is 5.12. The lowest BCUT2D eigenvalue weighted by atomic mass is 9.63. The van der Waals surface area contributed by atoms with Gasteiger partial charge in [0.1, 0.15) is 0 Å². The molecule has 1 nitrogen and oxygen atoms in total. The van der Waals surface area contributed by atoms with Crippen LogP contribution in [0, 0.1) is 5.41 Å². The molecule has 0 bridgehead atoms. The highest BCUT2D eigenvalue weighted by molar-refractivity contribution is 4.95. The lowest BCUT2D eigenvalue weighted by Crippen LogP contribution is -2.44. The smallest absolute Gasteiger partial charge is 0.00964 e. The lowest BCUT2D eigenvalue weighted by molar-refractivity contribution is 0.0304. The van der Waals surface area contributed by atoms with Gasteiger partial charge in [0, 0.05) is 6.04 Å². The van der Waals surface area contributed by atoms with E-state index in [9.17, 15) is 0 Å². The molecule has 0 amide bonds. The largest absolute Gasteiger partial charge is 0.300 e. The molecule has 3 aliphatic rings. The van der Waals surface area contributed by atoms with Crippen molar-refractivity contribution in [3.8, 4) is 0 Å². The van der Waals surface area contributed by atoms with Crippen LogP contribution in [0.15, 0.2) is 0 Å². The minimum atomic E-state index is 0.853. The molecule has 0 radical (unpaired) electrons. The van der Waals surface area contributed by atoms with E-state index in [0.717, 1.165) is 11.5 Å². The Balaban J connectivity index is 1.57. The Morgan fingerprint density at radius 3 is 2.00 bits per heavy atom. The van der Waals surface area contributed by atoms with Gasteiger partial charge in [0.05, 0.1) is 0 Å². The van der Waals surface area contributed by atoms with E-state index in [4.69, 9.17) is 0 Å². The zero-order valence-corrected chi connectivity index (χ0v) is 7.89. The van der Waals surface area contributed by atoms with Crippen LogP contribution in [0.4, 0.5) is 0 Å². The SMILES string of the molecule is C1CC2(C1)CCN(C1CC1)CC2. The van der Waals surface area contributed by atoms with Gasteiger partial charge in [-0.25, -0.2) is 0 Å². The van der Waals surface area contributed by atoms with Crippen LogP contribution in [0.5, 0.6) is 0 Å². The molecule has 0 unspecified atom stereocenters. The maximum atomic E-state index is 2.74. The predicted molar refractivity (Wildman–Crippen MR) is 50.1 cm³/mol. The monoisotopic (exact) mass is 165 g/mol. The summed E-state index contributed by atoms with van der Waals surface area (Å²) in [7, 11) is 0. The van der Waals surface area contributed by atoms with Gasteiger partial charge in [-0.05, 0) is 57.0 Å².